The monoisotopic (exact) mass is 349 g/mol. The van der Waals surface area contributed by atoms with Crippen molar-refractivity contribution in [1.82, 2.24) is 4.72 Å². The molecule has 2 rings (SSSR count). The SMILES string of the molecule is Cc1cc(S(=O)(=O)NCC2CCSC2)ccc1Br. The molecule has 3 nitrogen and oxygen atoms in total. The summed E-state index contributed by atoms with van der Waals surface area (Å²) in [5, 5.41) is 0. The molecule has 1 heterocycles. The number of benzene rings is 1. The number of aryl methyl sites for hydroxylation is 1. The van der Waals surface area contributed by atoms with Crippen molar-refractivity contribution in [2.75, 3.05) is 18.1 Å². The van der Waals surface area contributed by atoms with Gasteiger partial charge in [0.1, 0.15) is 0 Å². The molecule has 1 saturated heterocycles. The summed E-state index contributed by atoms with van der Waals surface area (Å²) in [7, 11) is -3.37. The first-order valence-corrected chi connectivity index (χ1v) is 9.26. The zero-order valence-corrected chi connectivity index (χ0v) is 13.4. The summed E-state index contributed by atoms with van der Waals surface area (Å²) in [6.07, 6.45) is 1.10. The normalized spacial score (nSPS) is 20.2. The smallest absolute Gasteiger partial charge is 0.211 e. The molecule has 0 radical (unpaired) electrons. The molecule has 100 valence electrons. The second-order valence-corrected chi connectivity index (χ2v) is 8.26. The van der Waals surface area contributed by atoms with Crippen LogP contribution >= 0.6 is 27.7 Å². The lowest BCUT2D eigenvalue weighted by molar-refractivity contribution is 0.545. The summed E-state index contributed by atoms with van der Waals surface area (Å²) in [6.45, 7) is 2.43. The average molecular weight is 350 g/mol. The Kier molecular flexibility index (Phi) is 4.75. The van der Waals surface area contributed by atoms with E-state index in [-0.39, 0.29) is 0 Å². The largest absolute Gasteiger partial charge is 0.240 e. The number of rotatable bonds is 4. The summed E-state index contributed by atoms with van der Waals surface area (Å²) >= 11 is 5.26. The van der Waals surface area contributed by atoms with Crippen LogP contribution in [0.25, 0.3) is 0 Å². The van der Waals surface area contributed by atoms with Gasteiger partial charge in [0.05, 0.1) is 4.90 Å². The Labute approximate surface area is 121 Å². The molecule has 0 aromatic heterocycles. The predicted octanol–water partition coefficient (Wildman–Crippen LogP) is 2.79. The molecular formula is C12H16BrNO2S2. The summed E-state index contributed by atoms with van der Waals surface area (Å²) in [6, 6.07) is 5.09. The first kappa shape index (κ1) is 14.4. The van der Waals surface area contributed by atoms with Crippen LogP contribution in [-0.2, 0) is 10.0 Å². The van der Waals surface area contributed by atoms with Crippen molar-refractivity contribution in [3.05, 3.63) is 28.2 Å². The van der Waals surface area contributed by atoms with Crippen molar-refractivity contribution in [2.45, 2.75) is 18.2 Å². The Morgan fingerprint density at radius 2 is 2.28 bits per heavy atom. The van der Waals surface area contributed by atoms with E-state index in [2.05, 4.69) is 20.7 Å². The van der Waals surface area contributed by atoms with E-state index in [0.717, 1.165) is 28.0 Å². The maximum absolute atomic E-state index is 12.1. The molecule has 1 aromatic carbocycles. The van der Waals surface area contributed by atoms with Gasteiger partial charge >= 0.3 is 0 Å². The number of thioether (sulfide) groups is 1. The van der Waals surface area contributed by atoms with E-state index in [1.54, 1.807) is 18.2 Å². The Hall–Kier alpha value is -0.0400. The van der Waals surface area contributed by atoms with Crippen LogP contribution in [0.15, 0.2) is 27.6 Å². The third-order valence-electron chi connectivity index (χ3n) is 3.03. The molecule has 0 amide bonds. The molecule has 0 spiro atoms. The minimum atomic E-state index is -3.37. The summed E-state index contributed by atoms with van der Waals surface area (Å²) in [5.74, 6) is 2.67. The standard InChI is InChI=1S/C12H16BrNO2S2/c1-9-6-11(2-3-12(9)13)18(15,16)14-7-10-4-5-17-8-10/h2-3,6,10,14H,4-5,7-8H2,1H3. The number of hydrogen-bond donors (Lipinski definition) is 1. The van der Waals surface area contributed by atoms with E-state index in [1.807, 2.05) is 18.7 Å². The van der Waals surface area contributed by atoms with Gasteiger partial charge in [-0.1, -0.05) is 15.9 Å². The van der Waals surface area contributed by atoms with Crippen LogP contribution in [0.5, 0.6) is 0 Å². The second kappa shape index (κ2) is 5.94. The molecular weight excluding hydrogens is 334 g/mol. The number of sulfonamides is 1. The van der Waals surface area contributed by atoms with Crippen molar-refractivity contribution >= 4 is 37.7 Å². The topological polar surface area (TPSA) is 46.2 Å². The number of halogens is 1. The van der Waals surface area contributed by atoms with Crippen LogP contribution in [0.2, 0.25) is 0 Å². The van der Waals surface area contributed by atoms with Gasteiger partial charge in [-0.3, -0.25) is 0 Å². The molecule has 18 heavy (non-hydrogen) atoms. The van der Waals surface area contributed by atoms with Crippen LogP contribution in [0.3, 0.4) is 0 Å². The molecule has 1 fully saturated rings. The minimum absolute atomic E-state index is 0.342. The van der Waals surface area contributed by atoms with E-state index in [4.69, 9.17) is 0 Å². The van der Waals surface area contributed by atoms with Crippen molar-refractivity contribution in [1.29, 1.82) is 0 Å². The lowest BCUT2D eigenvalue weighted by atomic mass is 10.1. The quantitative estimate of drug-likeness (QED) is 0.908. The van der Waals surface area contributed by atoms with Crippen molar-refractivity contribution in [3.63, 3.8) is 0 Å². The van der Waals surface area contributed by atoms with Crippen LogP contribution in [0.4, 0.5) is 0 Å². The Balaban J connectivity index is 2.07. The second-order valence-electron chi connectivity index (χ2n) is 4.49. The fraction of sp³-hybridized carbons (Fsp3) is 0.500. The zero-order valence-electron chi connectivity index (χ0n) is 10.1. The Morgan fingerprint density at radius 3 is 2.89 bits per heavy atom. The summed E-state index contributed by atoms with van der Waals surface area (Å²) in [4.78, 5) is 0.342. The highest BCUT2D eigenvalue weighted by Crippen LogP contribution is 2.24. The number of hydrogen-bond acceptors (Lipinski definition) is 3. The van der Waals surface area contributed by atoms with Gasteiger partial charge in [0, 0.05) is 11.0 Å². The van der Waals surface area contributed by atoms with Crippen molar-refractivity contribution in [2.24, 2.45) is 5.92 Å². The van der Waals surface area contributed by atoms with Crippen molar-refractivity contribution < 1.29 is 8.42 Å². The predicted molar refractivity (Wildman–Crippen MR) is 79.5 cm³/mol. The van der Waals surface area contributed by atoms with E-state index in [1.165, 1.54) is 0 Å². The molecule has 0 bridgehead atoms. The van der Waals surface area contributed by atoms with Crippen LogP contribution in [-0.4, -0.2) is 26.5 Å². The highest BCUT2D eigenvalue weighted by atomic mass is 79.9. The first-order chi connectivity index (χ1) is 8.49. The van der Waals surface area contributed by atoms with E-state index < -0.39 is 10.0 Å². The van der Waals surface area contributed by atoms with Gasteiger partial charge in [0.25, 0.3) is 0 Å². The lowest BCUT2D eigenvalue weighted by Gasteiger charge is -2.11. The highest BCUT2D eigenvalue weighted by Gasteiger charge is 2.20. The minimum Gasteiger partial charge on any atom is -0.211 e. The zero-order chi connectivity index (χ0) is 13.2. The summed E-state index contributed by atoms with van der Waals surface area (Å²) < 4.78 is 27.9. The van der Waals surface area contributed by atoms with Crippen LogP contribution in [0.1, 0.15) is 12.0 Å². The van der Waals surface area contributed by atoms with Gasteiger partial charge in [0.15, 0.2) is 0 Å². The van der Waals surface area contributed by atoms with E-state index >= 15 is 0 Å². The lowest BCUT2D eigenvalue weighted by Crippen LogP contribution is -2.29. The van der Waals surface area contributed by atoms with Gasteiger partial charge in [-0.25, -0.2) is 13.1 Å². The third kappa shape index (κ3) is 3.50. The maximum Gasteiger partial charge on any atom is 0.240 e. The Morgan fingerprint density at radius 1 is 1.50 bits per heavy atom. The van der Waals surface area contributed by atoms with Crippen LogP contribution in [0, 0.1) is 12.8 Å². The molecule has 1 aliphatic heterocycles. The Bertz CT molecular complexity index is 525. The van der Waals surface area contributed by atoms with Gasteiger partial charge < -0.3 is 0 Å². The molecule has 1 aromatic rings. The third-order valence-corrected chi connectivity index (χ3v) is 6.57. The molecule has 1 N–H and O–H groups in total. The van der Waals surface area contributed by atoms with E-state index in [9.17, 15) is 8.42 Å². The van der Waals surface area contributed by atoms with Gasteiger partial charge in [-0.15, -0.1) is 0 Å². The molecule has 1 unspecified atom stereocenters. The fourth-order valence-corrected chi connectivity index (χ4v) is 4.57. The average Bonchev–Trinajstić information content (AvgIpc) is 2.83. The molecule has 1 atom stereocenters. The van der Waals surface area contributed by atoms with Gasteiger partial charge in [0.2, 0.25) is 10.0 Å². The molecule has 1 aliphatic rings. The molecule has 0 aliphatic carbocycles. The first-order valence-electron chi connectivity index (χ1n) is 5.82. The van der Waals surface area contributed by atoms with Gasteiger partial charge in [-0.05, 0) is 54.5 Å². The van der Waals surface area contributed by atoms with Gasteiger partial charge in [-0.2, -0.15) is 11.8 Å². The maximum atomic E-state index is 12.1. The van der Waals surface area contributed by atoms with E-state index in [0.29, 0.717) is 17.4 Å². The van der Waals surface area contributed by atoms with Crippen LogP contribution < -0.4 is 4.72 Å². The number of nitrogens with one attached hydrogen (secondary N) is 1. The molecule has 6 heteroatoms. The highest BCUT2D eigenvalue weighted by molar-refractivity contribution is 9.10. The summed E-state index contributed by atoms with van der Waals surface area (Å²) in [5.41, 5.74) is 0.925. The van der Waals surface area contributed by atoms with Crippen molar-refractivity contribution in [3.8, 4) is 0 Å². The molecule has 0 saturated carbocycles. The fourth-order valence-electron chi connectivity index (χ4n) is 1.84.